The molecular weight excluding hydrogens is 597 g/mol. The molecule has 13 heteroatoms. The van der Waals surface area contributed by atoms with Gasteiger partial charge in [0.1, 0.15) is 11.8 Å². The normalized spacial score (nSPS) is 11.4. The molecule has 3 amide bonds. The van der Waals surface area contributed by atoms with Crippen LogP contribution in [0.15, 0.2) is 52.3 Å². The molecule has 5 N–H and O–H groups in total. The van der Waals surface area contributed by atoms with Gasteiger partial charge in [-0.05, 0) is 57.9 Å². The van der Waals surface area contributed by atoms with Gasteiger partial charge in [0.15, 0.2) is 0 Å². The molecule has 0 fully saturated rings. The Labute approximate surface area is 227 Å². The Morgan fingerprint density at radius 3 is 2.22 bits per heavy atom. The van der Waals surface area contributed by atoms with Gasteiger partial charge in [-0.25, -0.2) is 4.79 Å². The van der Waals surface area contributed by atoms with Gasteiger partial charge in [-0.2, -0.15) is 0 Å². The first-order chi connectivity index (χ1) is 17.0. The first kappa shape index (κ1) is 27.5. The van der Waals surface area contributed by atoms with Gasteiger partial charge in [-0.15, -0.1) is 11.3 Å². The third kappa shape index (κ3) is 7.20. The molecule has 0 saturated heterocycles. The number of carboxylic acids is 1. The number of hydrogen-bond donors (Lipinski definition) is 5. The maximum absolute atomic E-state index is 12.8. The number of hydrogen-bond acceptors (Lipinski definition) is 6. The molecule has 3 aromatic rings. The van der Waals surface area contributed by atoms with E-state index in [0.29, 0.717) is 10.4 Å². The van der Waals surface area contributed by atoms with E-state index < -0.39 is 29.7 Å². The highest BCUT2D eigenvalue weighted by atomic mass is 79.9. The lowest BCUT2D eigenvalue weighted by Gasteiger charge is -2.17. The number of carbonyl (C=O) groups is 4. The molecule has 0 saturated carbocycles. The number of rotatable bonds is 9. The molecule has 0 bridgehead atoms. The predicted molar refractivity (Wildman–Crippen MR) is 139 cm³/mol. The van der Waals surface area contributed by atoms with Crippen LogP contribution in [0.5, 0.6) is 5.75 Å². The topological polar surface area (TPSA) is 145 Å². The number of carboxylic acid groups (broad SMARTS) is 1. The second kappa shape index (κ2) is 12.2. The van der Waals surface area contributed by atoms with Crippen LogP contribution in [-0.2, 0) is 11.3 Å². The number of phenols is 1. The summed E-state index contributed by atoms with van der Waals surface area (Å²) in [6, 6.07) is 10.6. The molecule has 9 nitrogen and oxygen atoms in total. The molecule has 0 aliphatic heterocycles. The molecule has 0 radical (unpaired) electrons. The van der Waals surface area contributed by atoms with Crippen molar-refractivity contribution in [3.63, 3.8) is 0 Å². The molecular formula is C23H18BrCl2N3O6S. The summed E-state index contributed by atoms with van der Waals surface area (Å²) in [6.45, 7) is -0.265. The summed E-state index contributed by atoms with van der Waals surface area (Å²) in [5, 5.41) is 26.0. The molecule has 0 spiro atoms. The fourth-order valence-electron chi connectivity index (χ4n) is 3.02. The summed E-state index contributed by atoms with van der Waals surface area (Å²) < 4.78 is 0.733. The molecule has 0 unspecified atom stereocenters. The Kier molecular flexibility index (Phi) is 9.32. The lowest BCUT2D eigenvalue weighted by atomic mass is 10.1. The smallest absolute Gasteiger partial charge is 0.328 e. The number of aromatic hydroxyl groups is 1. The van der Waals surface area contributed by atoms with Crippen LogP contribution in [0.1, 0.15) is 36.0 Å². The number of amides is 3. The van der Waals surface area contributed by atoms with Gasteiger partial charge >= 0.3 is 5.97 Å². The Balaban J connectivity index is 1.66. The van der Waals surface area contributed by atoms with E-state index in [0.717, 1.165) is 3.79 Å². The van der Waals surface area contributed by atoms with E-state index in [9.17, 15) is 29.4 Å². The van der Waals surface area contributed by atoms with E-state index in [-0.39, 0.29) is 40.0 Å². The average Bonchev–Trinajstić information content (AvgIpc) is 3.25. The maximum atomic E-state index is 12.8. The maximum Gasteiger partial charge on any atom is 0.328 e. The minimum absolute atomic E-state index is 0.0574. The summed E-state index contributed by atoms with van der Waals surface area (Å²) in [4.78, 5) is 49.5. The Morgan fingerprint density at radius 1 is 0.944 bits per heavy atom. The van der Waals surface area contributed by atoms with Gasteiger partial charge in [0.25, 0.3) is 17.7 Å². The fourth-order valence-corrected chi connectivity index (χ4v) is 4.98. The molecule has 3 rings (SSSR count). The van der Waals surface area contributed by atoms with Crippen LogP contribution in [0.2, 0.25) is 10.0 Å². The third-order valence-electron chi connectivity index (χ3n) is 4.76. The summed E-state index contributed by atoms with van der Waals surface area (Å²) in [6.07, 6.45) is 0. The Bertz CT molecular complexity index is 1310. The Hall–Kier alpha value is -3.12. The average molecular weight is 615 g/mol. The Morgan fingerprint density at radius 2 is 1.64 bits per heavy atom. The minimum atomic E-state index is -1.47. The van der Waals surface area contributed by atoms with Crippen LogP contribution >= 0.6 is 50.5 Å². The second-order valence-corrected chi connectivity index (χ2v) is 10.6. The number of phenolic OH excluding ortho intramolecular Hbond substituents is 1. The van der Waals surface area contributed by atoms with Crippen molar-refractivity contribution in [2.75, 3.05) is 6.54 Å². The standard InChI is InChI=1S/C23H18BrCl2N3O6S/c24-18-5-4-17(36-18)21(32)28-10-16(23(34)35)29-22(33)19-14(25)7-12(8-15(19)26)20(31)27-9-11-2-1-3-13(30)6-11/h1-8,16,30H,9-10H2,(H,27,31)(H,28,32)(H,29,33)(H,34,35)/t16-/m0/s1. The van der Waals surface area contributed by atoms with E-state index in [1.807, 2.05) is 0 Å². The van der Waals surface area contributed by atoms with Gasteiger partial charge in [-0.1, -0.05) is 35.3 Å². The molecule has 1 atom stereocenters. The highest BCUT2D eigenvalue weighted by Gasteiger charge is 2.25. The minimum Gasteiger partial charge on any atom is -0.508 e. The highest BCUT2D eigenvalue weighted by Crippen LogP contribution is 2.27. The number of carbonyl (C=O) groups excluding carboxylic acids is 3. The SMILES string of the molecule is O=C(NCc1cccc(O)c1)c1cc(Cl)c(C(=O)N[C@@H](CNC(=O)c2ccc(Br)s2)C(=O)O)c(Cl)c1. The number of benzene rings is 2. The van der Waals surface area contributed by atoms with E-state index in [2.05, 4.69) is 31.9 Å². The van der Waals surface area contributed by atoms with Gasteiger partial charge < -0.3 is 26.2 Å². The second-order valence-electron chi connectivity index (χ2n) is 7.35. The van der Waals surface area contributed by atoms with Crippen molar-refractivity contribution >= 4 is 74.2 Å². The summed E-state index contributed by atoms with van der Waals surface area (Å²) in [5.74, 6) is -3.24. The van der Waals surface area contributed by atoms with E-state index in [4.69, 9.17) is 23.2 Å². The first-order valence-corrected chi connectivity index (χ1v) is 12.5. The van der Waals surface area contributed by atoms with Crippen LogP contribution in [-0.4, -0.2) is 46.5 Å². The quantitative estimate of drug-likeness (QED) is 0.246. The van der Waals surface area contributed by atoms with Crippen molar-refractivity contribution in [2.24, 2.45) is 0 Å². The van der Waals surface area contributed by atoms with Crippen molar-refractivity contribution in [3.8, 4) is 5.75 Å². The molecule has 1 aromatic heterocycles. The lowest BCUT2D eigenvalue weighted by molar-refractivity contribution is -0.139. The number of aliphatic carboxylic acids is 1. The highest BCUT2D eigenvalue weighted by molar-refractivity contribution is 9.11. The summed E-state index contributed by atoms with van der Waals surface area (Å²) in [5.41, 5.74) is 0.517. The fraction of sp³-hybridized carbons (Fsp3) is 0.130. The third-order valence-corrected chi connectivity index (χ3v) is 6.98. The molecule has 1 heterocycles. The van der Waals surface area contributed by atoms with E-state index in [1.165, 1.54) is 35.6 Å². The van der Waals surface area contributed by atoms with Crippen molar-refractivity contribution < 1.29 is 29.4 Å². The van der Waals surface area contributed by atoms with Crippen LogP contribution in [0.3, 0.4) is 0 Å². The van der Waals surface area contributed by atoms with Crippen LogP contribution in [0.4, 0.5) is 0 Å². The van der Waals surface area contributed by atoms with Crippen molar-refractivity contribution in [1.82, 2.24) is 16.0 Å². The van der Waals surface area contributed by atoms with Crippen molar-refractivity contribution in [3.05, 3.63) is 83.9 Å². The van der Waals surface area contributed by atoms with Crippen LogP contribution in [0, 0.1) is 0 Å². The van der Waals surface area contributed by atoms with Gasteiger partial charge in [-0.3, -0.25) is 14.4 Å². The number of halogens is 3. The zero-order chi connectivity index (χ0) is 26.4. The van der Waals surface area contributed by atoms with Crippen molar-refractivity contribution in [2.45, 2.75) is 12.6 Å². The summed E-state index contributed by atoms with van der Waals surface area (Å²) >= 11 is 16.8. The number of nitrogens with one attached hydrogen (secondary N) is 3. The van der Waals surface area contributed by atoms with E-state index >= 15 is 0 Å². The molecule has 0 aliphatic rings. The van der Waals surface area contributed by atoms with Crippen molar-refractivity contribution in [1.29, 1.82) is 0 Å². The molecule has 2 aromatic carbocycles. The van der Waals surface area contributed by atoms with E-state index in [1.54, 1.807) is 24.3 Å². The van der Waals surface area contributed by atoms with Crippen LogP contribution in [0.25, 0.3) is 0 Å². The zero-order valence-corrected chi connectivity index (χ0v) is 22.1. The molecule has 36 heavy (non-hydrogen) atoms. The first-order valence-electron chi connectivity index (χ1n) is 10.2. The predicted octanol–water partition coefficient (Wildman–Crippen LogP) is 4.07. The number of thiophene rings is 1. The largest absolute Gasteiger partial charge is 0.508 e. The molecule has 188 valence electrons. The lowest BCUT2D eigenvalue weighted by Crippen LogP contribution is -2.48. The summed E-state index contributed by atoms with van der Waals surface area (Å²) in [7, 11) is 0. The van der Waals surface area contributed by atoms with Crippen LogP contribution < -0.4 is 16.0 Å². The zero-order valence-electron chi connectivity index (χ0n) is 18.2. The monoisotopic (exact) mass is 613 g/mol. The van der Waals surface area contributed by atoms with Gasteiger partial charge in [0.05, 0.1) is 24.3 Å². The molecule has 0 aliphatic carbocycles. The van der Waals surface area contributed by atoms with Gasteiger partial charge in [0.2, 0.25) is 0 Å². The van der Waals surface area contributed by atoms with Gasteiger partial charge in [0, 0.05) is 18.7 Å².